The Morgan fingerprint density at radius 1 is 1.18 bits per heavy atom. The Morgan fingerprint density at radius 2 is 1.91 bits per heavy atom. The zero-order valence-electron chi connectivity index (χ0n) is 11.6. The van der Waals surface area contributed by atoms with Crippen LogP contribution < -0.4 is 5.56 Å². The molecule has 1 heterocycles. The summed E-state index contributed by atoms with van der Waals surface area (Å²) in [5, 5.41) is 8.99. The molecule has 0 unspecified atom stereocenters. The highest BCUT2D eigenvalue weighted by atomic mass is 19.4. The van der Waals surface area contributed by atoms with Crippen molar-refractivity contribution in [1.82, 2.24) is 4.57 Å². The highest BCUT2D eigenvalue weighted by molar-refractivity contribution is 5.82. The number of aryl methyl sites for hydroxylation is 1. The van der Waals surface area contributed by atoms with E-state index in [0.717, 1.165) is 12.1 Å². The van der Waals surface area contributed by atoms with Crippen molar-refractivity contribution in [2.75, 3.05) is 0 Å². The van der Waals surface area contributed by atoms with Gasteiger partial charge in [-0.2, -0.15) is 13.2 Å². The van der Waals surface area contributed by atoms with E-state index in [-0.39, 0.29) is 18.4 Å². The highest BCUT2D eigenvalue weighted by Gasteiger charge is 2.30. The van der Waals surface area contributed by atoms with Gasteiger partial charge in [0.05, 0.1) is 5.56 Å². The monoisotopic (exact) mass is 313 g/mol. The highest BCUT2D eigenvalue weighted by Crippen LogP contribution is 2.30. The van der Waals surface area contributed by atoms with Gasteiger partial charge in [0, 0.05) is 24.5 Å². The number of unbranched alkanes of at least 4 members (excludes halogenated alkanes) is 1. The van der Waals surface area contributed by atoms with Crippen LogP contribution in [0.25, 0.3) is 10.8 Å². The minimum atomic E-state index is -4.50. The molecule has 0 saturated carbocycles. The normalized spacial score (nSPS) is 11.8. The van der Waals surface area contributed by atoms with E-state index in [1.165, 1.54) is 16.8 Å². The summed E-state index contributed by atoms with van der Waals surface area (Å²) in [6, 6.07) is 4.65. The summed E-state index contributed by atoms with van der Waals surface area (Å²) >= 11 is 0. The van der Waals surface area contributed by atoms with Crippen LogP contribution in [0.15, 0.2) is 35.3 Å². The molecule has 2 aromatic rings. The summed E-state index contributed by atoms with van der Waals surface area (Å²) in [6.45, 7) is 0.276. The first-order valence-corrected chi connectivity index (χ1v) is 6.71. The molecule has 1 N–H and O–H groups in total. The van der Waals surface area contributed by atoms with Crippen LogP contribution in [0.1, 0.15) is 24.8 Å². The fraction of sp³-hybridized carbons (Fsp3) is 0.333. The van der Waals surface area contributed by atoms with Crippen molar-refractivity contribution >= 4 is 16.7 Å². The predicted molar refractivity (Wildman–Crippen MR) is 74.7 cm³/mol. The number of hydrogen-bond donors (Lipinski definition) is 1. The molecule has 0 bridgehead atoms. The zero-order chi connectivity index (χ0) is 16.3. The summed E-state index contributed by atoms with van der Waals surface area (Å²) < 4.78 is 39.4. The molecular weight excluding hydrogens is 299 g/mol. The average molecular weight is 313 g/mol. The maximum absolute atomic E-state index is 12.7. The van der Waals surface area contributed by atoms with Gasteiger partial charge in [0.2, 0.25) is 0 Å². The lowest BCUT2D eigenvalue weighted by Crippen LogP contribution is -2.20. The third kappa shape index (κ3) is 3.66. The molecular formula is C15H14F3NO3. The van der Waals surface area contributed by atoms with E-state index in [0.29, 0.717) is 18.2 Å². The van der Waals surface area contributed by atoms with E-state index in [9.17, 15) is 22.8 Å². The number of aliphatic carboxylic acids is 1. The molecule has 0 amide bonds. The van der Waals surface area contributed by atoms with E-state index in [2.05, 4.69) is 0 Å². The summed E-state index contributed by atoms with van der Waals surface area (Å²) in [4.78, 5) is 22.6. The van der Waals surface area contributed by atoms with Gasteiger partial charge in [-0.25, -0.2) is 0 Å². The molecule has 0 spiro atoms. The summed E-state index contributed by atoms with van der Waals surface area (Å²) in [5.41, 5.74) is -1.36. The van der Waals surface area contributed by atoms with Gasteiger partial charge in [-0.05, 0) is 36.4 Å². The van der Waals surface area contributed by atoms with Gasteiger partial charge in [-0.15, -0.1) is 0 Å². The maximum Gasteiger partial charge on any atom is 0.416 e. The second-order valence-electron chi connectivity index (χ2n) is 4.96. The molecule has 118 valence electrons. The molecule has 4 nitrogen and oxygen atoms in total. The lowest BCUT2D eigenvalue weighted by Gasteiger charge is -2.10. The van der Waals surface area contributed by atoms with E-state index < -0.39 is 23.3 Å². The van der Waals surface area contributed by atoms with Crippen molar-refractivity contribution in [1.29, 1.82) is 0 Å². The van der Waals surface area contributed by atoms with Gasteiger partial charge < -0.3 is 9.67 Å². The summed E-state index contributed by atoms with van der Waals surface area (Å²) in [7, 11) is 0. The largest absolute Gasteiger partial charge is 0.481 e. The molecule has 22 heavy (non-hydrogen) atoms. The lowest BCUT2D eigenvalue weighted by atomic mass is 10.1. The minimum Gasteiger partial charge on any atom is -0.481 e. The molecule has 0 aliphatic heterocycles. The summed E-state index contributed by atoms with van der Waals surface area (Å²) in [6.07, 6.45) is -2.11. The number of alkyl halides is 3. The van der Waals surface area contributed by atoms with Crippen LogP contribution in [0, 0.1) is 0 Å². The van der Waals surface area contributed by atoms with Crippen molar-refractivity contribution < 1.29 is 23.1 Å². The first-order chi connectivity index (χ1) is 10.3. The second-order valence-corrected chi connectivity index (χ2v) is 4.96. The summed E-state index contributed by atoms with van der Waals surface area (Å²) in [5.74, 6) is -0.916. The van der Waals surface area contributed by atoms with Crippen LogP contribution >= 0.6 is 0 Å². The Bertz CT molecular complexity index is 750. The first kappa shape index (κ1) is 16.1. The lowest BCUT2D eigenvalue weighted by molar-refractivity contribution is -0.138. The second kappa shape index (κ2) is 6.21. The number of fused-ring (bicyclic) bond motifs is 1. The number of rotatable bonds is 5. The zero-order valence-corrected chi connectivity index (χ0v) is 11.6. The number of carbonyl (C=O) groups is 1. The molecule has 7 heteroatoms. The Labute approximate surface area is 123 Å². The topological polar surface area (TPSA) is 59.3 Å². The number of aromatic nitrogens is 1. The van der Waals surface area contributed by atoms with E-state index >= 15 is 0 Å². The maximum atomic E-state index is 12.7. The molecule has 0 saturated heterocycles. The molecule has 0 aliphatic rings. The van der Waals surface area contributed by atoms with E-state index in [4.69, 9.17) is 5.11 Å². The quantitative estimate of drug-likeness (QED) is 0.862. The third-order valence-corrected chi connectivity index (χ3v) is 3.35. The van der Waals surface area contributed by atoms with Gasteiger partial charge in [-0.1, -0.05) is 6.07 Å². The molecule has 0 atom stereocenters. The Balaban J connectivity index is 2.28. The van der Waals surface area contributed by atoms with Crippen LogP contribution in [0.4, 0.5) is 13.2 Å². The number of hydrogen-bond acceptors (Lipinski definition) is 2. The molecule has 0 radical (unpaired) electrons. The van der Waals surface area contributed by atoms with Crippen molar-refractivity contribution in [3.8, 4) is 0 Å². The van der Waals surface area contributed by atoms with Crippen molar-refractivity contribution in [2.24, 2.45) is 0 Å². The van der Waals surface area contributed by atoms with Crippen LogP contribution in [0.5, 0.6) is 0 Å². The van der Waals surface area contributed by atoms with Crippen molar-refractivity contribution in [3.63, 3.8) is 0 Å². The van der Waals surface area contributed by atoms with Crippen LogP contribution in [0.3, 0.4) is 0 Å². The van der Waals surface area contributed by atoms with Crippen LogP contribution in [-0.4, -0.2) is 15.6 Å². The van der Waals surface area contributed by atoms with Crippen molar-refractivity contribution in [3.05, 3.63) is 46.4 Å². The Morgan fingerprint density at radius 3 is 2.55 bits per heavy atom. The van der Waals surface area contributed by atoms with E-state index in [1.807, 2.05) is 0 Å². The molecule has 0 fully saturated rings. The van der Waals surface area contributed by atoms with Crippen LogP contribution in [0.2, 0.25) is 0 Å². The molecule has 1 aromatic carbocycles. The Kier molecular flexibility index (Phi) is 4.54. The number of carboxylic acids is 1. The van der Waals surface area contributed by atoms with Gasteiger partial charge in [0.1, 0.15) is 0 Å². The minimum absolute atomic E-state index is 0.000549. The number of benzene rings is 1. The average Bonchev–Trinajstić information content (AvgIpc) is 2.44. The fourth-order valence-electron chi connectivity index (χ4n) is 2.19. The SMILES string of the molecule is O=C(O)CCCCn1ccc2ccc(C(F)(F)F)cc2c1=O. The third-order valence-electron chi connectivity index (χ3n) is 3.35. The van der Waals surface area contributed by atoms with E-state index in [1.54, 1.807) is 6.07 Å². The standard InChI is InChI=1S/C15H14F3NO3/c16-15(17,18)11-5-4-10-6-8-19(14(22)12(10)9-11)7-2-1-3-13(20)21/h4-6,8-9H,1-3,7H2,(H,20,21). The van der Waals surface area contributed by atoms with Gasteiger partial charge in [-0.3, -0.25) is 9.59 Å². The number of nitrogens with zero attached hydrogens (tertiary/aromatic N) is 1. The number of carboxylic acid groups (broad SMARTS) is 1. The fourth-order valence-corrected chi connectivity index (χ4v) is 2.19. The molecule has 0 aliphatic carbocycles. The number of halogens is 3. The van der Waals surface area contributed by atoms with Gasteiger partial charge in [0.25, 0.3) is 5.56 Å². The first-order valence-electron chi connectivity index (χ1n) is 6.71. The van der Waals surface area contributed by atoms with Crippen molar-refractivity contribution in [2.45, 2.75) is 32.0 Å². The Hall–Kier alpha value is -2.31. The van der Waals surface area contributed by atoms with Gasteiger partial charge >= 0.3 is 12.1 Å². The smallest absolute Gasteiger partial charge is 0.416 e. The number of pyridine rings is 1. The molecule has 1 aromatic heterocycles. The van der Waals surface area contributed by atoms with Crippen LogP contribution in [-0.2, 0) is 17.5 Å². The molecule has 2 rings (SSSR count). The van der Waals surface area contributed by atoms with Gasteiger partial charge in [0.15, 0.2) is 0 Å². The predicted octanol–water partition coefficient (Wildman–Crippen LogP) is 3.28.